The molecule has 0 heterocycles. The van der Waals surface area contributed by atoms with Crippen LogP contribution < -0.4 is 5.73 Å². The van der Waals surface area contributed by atoms with Crippen LogP contribution in [0.25, 0.3) is 0 Å². The van der Waals surface area contributed by atoms with E-state index in [1.807, 2.05) is 0 Å². The third-order valence-electron chi connectivity index (χ3n) is 3.02. The highest BCUT2D eigenvalue weighted by atomic mass is 35.5. The average molecular weight is 176 g/mol. The molecule has 3 rings (SSSR count). The van der Waals surface area contributed by atoms with E-state index in [-0.39, 0.29) is 12.4 Å². The smallest absolute Gasteiger partial charge is 0.0170 e. The average Bonchev–Trinajstić information content (AvgIpc) is 1.56. The van der Waals surface area contributed by atoms with Gasteiger partial charge in [0.05, 0.1) is 0 Å². The lowest BCUT2D eigenvalue weighted by Gasteiger charge is -2.70. The van der Waals surface area contributed by atoms with Crippen LogP contribution >= 0.6 is 12.4 Å². The molecule has 3 aliphatic carbocycles. The summed E-state index contributed by atoms with van der Waals surface area (Å²) in [6.45, 7) is 4.62. The number of rotatable bonds is 2. The summed E-state index contributed by atoms with van der Waals surface area (Å²) in [7, 11) is 0. The molecule has 3 aliphatic rings. The molecule has 0 aromatic rings. The SMILES string of the molecule is CC(C)CC12CC(N)(C1)C2.Cl. The molecule has 0 saturated heterocycles. The quantitative estimate of drug-likeness (QED) is 0.685. The Balaban J connectivity index is 0.000000605. The zero-order valence-electron chi connectivity index (χ0n) is 7.39. The summed E-state index contributed by atoms with van der Waals surface area (Å²) in [4.78, 5) is 0. The molecular weight excluding hydrogens is 158 g/mol. The highest BCUT2D eigenvalue weighted by Crippen LogP contribution is 2.68. The molecule has 0 unspecified atom stereocenters. The molecule has 0 aromatic carbocycles. The van der Waals surface area contributed by atoms with Crippen molar-refractivity contribution in [1.29, 1.82) is 0 Å². The van der Waals surface area contributed by atoms with E-state index in [2.05, 4.69) is 13.8 Å². The third kappa shape index (κ3) is 1.29. The molecule has 0 aliphatic heterocycles. The van der Waals surface area contributed by atoms with Crippen molar-refractivity contribution >= 4 is 12.4 Å². The molecule has 66 valence electrons. The van der Waals surface area contributed by atoms with Gasteiger partial charge in [-0.1, -0.05) is 13.8 Å². The Morgan fingerprint density at radius 3 is 2.00 bits per heavy atom. The van der Waals surface area contributed by atoms with Crippen LogP contribution in [0.4, 0.5) is 0 Å². The Hall–Kier alpha value is 0.250. The maximum Gasteiger partial charge on any atom is 0.0170 e. The van der Waals surface area contributed by atoms with Gasteiger partial charge in [0, 0.05) is 5.54 Å². The second-order valence-electron chi connectivity index (χ2n) is 4.99. The van der Waals surface area contributed by atoms with Gasteiger partial charge in [0.15, 0.2) is 0 Å². The molecule has 3 fully saturated rings. The van der Waals surface area contributed by atoms with E-state index in [4.69, 9.17) is 5.73 Å². The maximum absolute atomic E-state index is 5.95. The molecule has 0 atom stereocenters. The van der Waals surface area contributed by atoms with E-state index in [9.17, 15) is 0 Å². The van der Waals surface area contributed by atoms with Crippen LogP contribution in [0.3, 0.4) is 0 Å². The first-order valence-corrected chi connectivity index (χ1v) is 4.33. The van der Waals surface area contributed by atoms with Crippen molar-refractivity contribution in [2.45, 2.75) is 45.1 Å². The predicted octanol–water partition coefficient (Wildman–Crippen LogP) is 2.34. The molecule has 0 spiro atoms. The van der Waals surface area contributed by atoms with Crippen LogP contribution in [0.5, 0.6) is 0 Å². The molecule has 2 N–H and O–H groups in total. The minimum absolute atomic E-state index is 0. The van der Waals surface area contributed by atoms with Crippen molar-refractivity contribution in [2.24, 2.45) is 17.1 Å². The van der Waals surface area contributed by atoms with E-state index in [1.54, 1.807) is 0 Å². The Labute approximate surface area is 75.1 Å². The van der Waals surface area contributed by atoms with Crippen LogP contribution in [-0.2, 0) is 0 Å². The largest absolute Gasteiger partial charge is 0.325 e. The molecule has 2 bridgehead atoms. The molecule has 11 heavy (non-hydrogen) atoms. The summed E-state index contributed by atoms with van der Waals surface area (Å²) in [5, 5.41) is 0. The van der Waals surface area contributed by atoms with Crippen molar-refractivity contribution in [3.63, 3.8) is 0 Å². The minimum Gasteiger partial charge on any atom is -0.325 e. The number of hydrogen-bond donors (Lipinski definition) is 1. The zero-order chi connectivity index (χ0) is 7.41. The fraction of sp³-hybridized carbons (Fsp3) is 1.00. The number of hydrogen-bond acceptors (Lipinski definition) is 1. The van der Waals surface area contributed by atoms with Crippen molar-refractivity contribution in [3.8, 4) is 0 Å². The number of nitrogens with two attached hydrogens (primary N) is 1. The topological polar surface area (TPSA) is 26.0 Å². The van der Waals surface area contributed by atoms with Crippen molar-refractivity contribution in [2.75, 3.05) is 0 Å². The first-order valence-electron chi connectivity index (χ1n) is 4.33. The first-order chi connectivity index (χ1) is 4.54. The van der Waals surface area contributed by atoms with Crippen LogP contribution in [0, 0.1) is 11.3 Å². The van der Waals surface area contributed by atoms with Crippen molar-refractivity contribution < 1.29 is 0 Å². The van der Waals surface area contributed by atoms with Crippen LogP contribution in [0.15, 0.2) is 0 Å². The predicted molar refractivity (Wildman–Crippen MR) is 49.9 cm³/mol. The van der Waals surface area contributed by atoms with Gasteiger partial charge in [0.1, 0.15) is 0 Å². The van der Waals surface area contributed by atoms with Gasteiger partial charge < -0.3 is 5.73 Å². The van der Waals surface area contributed by atoms with Crippen molar-refractivity contribution in [3.05, 3.63) is 0 Å². The van der Waals surface area contributed by atoms with Gasteiger partial charge in [-0.25, -0.2) is 0 Å². The van der Waals surface area contributed by atoms with Gasteiger partial charge in [-0.05, 0) is 37.0 Å². The van der Waals surface area contributed by atoms with Crippen molar-refractivity contribution in [1.82, 2.24) is 0 Å². The van der Waals surface area contributed by atoms with E-state index in [0.717, 1.165) is 11.3 Å². The van der Waals surface area contributed by atoms with E-state index in [1.165, 1.54) is 25.7 Å². The summed E-state index contributed by atoms with van der Waals surface area (Å²) >= 11 is 0. The van der Waals surface area contributed by atoms with Crippen LogP contribution in [0.2, 0.25) is 0 Å². The molecule has 0 radical (unpaired) electrons. The standard InChI is InChI=1S/C9H17N.ClH/c1-7(2)3-8-4-9(10,5-8)6-8;/h7H,3-6,10H2,1-2H3;1H. The first kappa shape index (κ1) is 9.34. The minimum atomic E-state index is 0. The molecule has 1 nitrogen and oxygen atoms in total. The molecular formula is C9H18ClN. The van der Waals surface area contributed by atoms with E-state index >= 15 is 0 Å². The Bertz CT molecular complexity index is 145. The monoisotopic (exact) mass is 175 g/mol. The van der Waals surface area contributed by atoms with Crippen LogP contribution in [0.1, 0.15) is 39.5 Å². The summed E-state index contributed by atoms with van der Waals surface area (Å²) in [6.07, 6.45) is 5.36. The second-order valence-corrected chi connectivity index (χ2v) is 4.99. The fourth-order valence-electron chi connectivity index (χ4n) is 3.17. The zero-order valence-corrected chi connectivity index (χ0v) is 8.21. The van der Waals surface area contributed by atoms with E-state index in [0.29, 0.717) is 5.54 Å². The number of halogens is 1. The lowest BCUT2D eigenvalue weighted by Crippen LogP contribution is -2.72. The normalized spacial score (nSPS) is 45.8. The van der Waals surface area contributed by atoms with Gasteiger partial charge >= 0.3 is 0 Å². The molecule has 0 amide bonds. The van der Waals surface area contributed by atoms with Gasteiger partial charge in [-0.2, -0.15) is 0 Å². The summed E-state index contributed by atoms with van der Waals surface area (Å²) in [5.41, 5.74) is 6.99. The molecule has 2 heteroatoms. The summed E-state index contributed by atoms with van der Waals surface area (Å²) < 4.78 is 0. The van der Waals surface area contributed by atoms with Gasteiger partial charge in [0.2, 0.25) is 0 Å². The highest BCUT2D eigenvalue weighted by Gasteiger charge is 2.65. The Morgan fingerprint density at radius 1 is 1.27 bits per heavy atom. The molecule has 0 aromatic heterocycles. The lowest BCUT2D eigenvalue weighted by atomic mass is 9.38. The summed E-state index contributed by atoms with van der Waals surface area (Å²) in [6, 6.07) is 0. The lowest BCUT2D eigenvalue weighted by molar-refractivity contribution is -0.143. The van der Waals surface area contributed by atoms with E-state index < -0.39 is 0 Å². The maximum atomic E-state index is 5.95. The molecule has 3 saturated carbocycles. The van der Waals surface area contributed by atoms with Gasteiger partial charge in [0.25, 0.3) is 0 Å². The second kappa shape index (κ2) is 2.37. The summed E-state index contributed by atoms with van der Waals surface area (Å²) in [5.74, 6) is 0.866. The third-order valence-corrected chi connectivity index (χ3v) is 3.02. The Kier molecular flexibility index (Phi) is 2.01. The highest BCUT2D eigenvalue weighted by molar-refractivity contribution is 5.85. The van der Waals surface area contributed by atoms with Gasteiger partial charge in [-0.3, -0.25) is 0 Å². The van der Waals surface area contributed by atoms with Crippen LogP contribution in [-0.4, -0.2) is 5.54 Å². The Morgan fingerprint density at radius 2 is 1.73 bits per heavy atom. The fourth-order valence-corrected chi connectivity index (χ4v) is 3.17. The van der Waals surface area contributed by atoms with Gasteiger partial charge in [-0.15, -0.1) is 12.4 Å².